The van der Waals surface area contributed by atoms with Crippen LogP contribution in [0.15, 0.2) is 29.2 Å². The van der Waals surface area contributed by atoms with Gasteiger partial charge in [0.05, 0.1) is 4.90 Å². The molecule has 0 aromatic heterocycles. The number of sulfone groups is 1. The van der Waals surface area contributed by atoms with Gasteiger partial charge in [-0.3, -0.25) is 0 Å². The van der Waals surface area contributed by atoms with E-state index in [1.807, 2.05) is 0 Å². The summed E-state index contributed by atoms with van der Waals surface area (Å²) in [7, 11) is -4.04. The fourth-order valence-electron chi connectivity index (χ4n) is 0.869. The molecule has 0 aliphatic rings. The van der Waals surface area contributed by atoms with Crippen LogP contribution in [0.1, 0.15) is 0 Å². The van der Waals surface area contributed by atoms with Crippen LogP contribution in [-0.4, -0.2) is 13.5 Å². The van der Waals surface area contributed by atoms with Gasteiger partial charge in [-0.15, -0.1) is 0 Å². The largest absolute Gasteiger partial charge is 1.00 e. The number of hydrogen-bond acceptors (Lipinski definition) is 4. The fourth-order valence-corrected chi connectivity index (χ4v) is 1.96. The third-order valence-electron chi connectivity index (χ3n) is 1.59. The average Bonchev–Trinajstić information content (AvgIpc) is 2.19. The van der Waals surface area contributed by atoms with Crippen molar-refractivity contribution in [2.75, 3.05) is 0 Å². The topological polar surface area (TPSA) is 95.0 Å². The Hall–Kier alpha value is -0.580. The third kappa shape index (κ3) is 3.20. The molecule has 5 nitrogen and oxygen atoms in total. The Morgan fingerprint density at radius 1 is 1.38 bits per heavy atom. The van der Waals surface area contributed by atoms with E-state index in [1.165, 1.54) is 30.3 Å². The van der Waals surface area contributed by atoms with Crippen LogP contribution < -0.4 is 34.7 Å². The van der Waals surface area contributed by atoms with Crippen LogP contribution in [0.2, 0.25) is 5.02 Å². The molecule has 0 spiro atoms. The minimum Gasteiger partial charge on any atom is -0.624 e. The summed E-state index contributed by atoms with van der Waals surface area (Å²) in [4.78, 5) is -0.160. The molecule has 0 heterocycles. The molecule has 0 unspecified atom stereocenters. The van der Waals surface area contributed by atoms with E-state index >= 15 is 0 Å². The predicted molar refractivity (Wildman–Crippen MR) is 53.6 cm³/mol. The Bertz CT molecular complexity index is 533. The van der Waals surface area contributed by atoms with Crippen molar-refractivity contribution in [1.82, 2.24) is 0 Å². The first kappa shape index (κ1) is 15.4. The second-order valence-corrected chi connectivity index (χ2v) is 4.82. The summed E-state index contributed by atoms with van der Waals surface area (Å²) in [5.74, 6) is 0. The first-order valence-corrected chi connectivity index (χ1v) is 5.54. The van der Waals surface area contributed by atoms with Gasteiger partial charge in [-0.2, -0.15) is 5.26 Å². The maximum Gasteiger partial charge on any atom is 1.00 e. The molecule has 1 rings (SSSR count). The molecule has 8 heteroatoms. The van der Waals surface area contributed by atoms with Gasteiger partial charge in [-0.25, -0.2) is 13.6 Å². The van der Waals surface area contributed by atoms with Crippen molar-refractivity contribution < 1.29 is 43.1 Å². The van der Waals surface area contributed by atoms with Crippen LogP contribution in [0.5, 0.6) is 0 Å². The Kier molecular flexibility index (Phi) is 6.00. The summed E-state index contributed by atoms with van der Waals surface area (Å²) in [6.07, 6.45) is 0. The number of nitrogens with zero attached hydrogens (tertiary/aromatic N) is 1. The van der Waals surface area contributed by atoms with E-state index in [1.54, 1.807) is 0 Å². The molecule has 0 aliphatic heterocycles. The Labute approximate surface area is 120 Å². The summed E-state index contributed by atoms with van der Waals surface area (Å²) < 4.78 is 23.1. The molecule has 0 saturated carbocycles. The number of nitriles is 1. The average molecular weight is 268 g/mol. The number of rotatable bonds is 1. The summed E-state index contributed by atoms with van der Waals surface area (Å²) in [5, 5.41) is 19.2. The standard InChI is InChI=1S/C8H5ClN2O3S.Na/c9-6-1-3-7(4-2-6)15(13,14)8(5-10)11-12;/h1-4,11H;/q;+1/b11-8+;. The van der Waals surface area contributed by atoms with E-state index < -0.39 is 14.9 Å². The van der Waals surface area contributed by atoms with E-state index in [4.69, 9.17) is 16.9 Å². The normalized spacial score (nSPS) is 11.4. The Morgan fingerprint density at radius 2 is 1.88 bits per heavy atom. The quantitative estimate of drug-likeness (QED) is 0.189. The van der Waals surface area contributed by atoms with Crippen LogP contribution in [0.3, 0.4) is 0 Å². The molecule has 0 atom stereocenters. The smallest absolute Gasteiger partial charge is 0.624 e. The van der Waals surface area contributed by atoms with E-state index in [2.05, 4.69) is 0 Å². The molecule has 1 aromatic carbocycles. The van der Waals surface area contributed by atoms with E-state index in [9.17, 15) is 13.6 Å². The maximum absolute atomic E-state index is 11.5. The van der Waals surface area contributed by atoms with Crippen LogP contribution in [0.4, 0.5) is 0 Å². The van der Waals surface area contributed by atoms with Crippen molar-refractivity contribution in [3.63, 3.8) is 0 Å². The second kappa shape index (κ2) is 6.23. The number of halogens is 1. The van der Waals surface area contributed by atoms with Gasteiger partial charge in [0, 0.05) is 5.02 Å². The summed E-state index contributed by atoms with van der Waals surface area (Å²) >= 11 is 5.57. The molecule has 0 aliphatic carbocycles. The Balaban J connectivity index is 0.00000225. The maximum atomic E-state index is 11.5. The molecular weight excluding hydrogens is 263 g/mol. The summed E-state index contributed by atoms with van der Waals surface area (Å²) in [6.45, 7) is 0. The molecule has 0 saturated heterocycles. The summed E-state index contributed by atoms with van der Waals surface area (Å²) in [6, 6.07) is 6.42. The zero-order valence-electron chi connectivity index (χ0n) is 8.27. The predicted octanol–water partition coefficient (Wildman–Crippen LogP) is -3.38. The molecule has 0 bridgehead atoms. The summed E-state index contributed by atoms with van der Waals surface area (Å²) in [5.41, 5.74) is 0. The first-order valence-electron chi connectivity index (χ1n) is 3.68. The minimum atomic E-state index is -4.04. The molecule has 0 amide bonds. The van der Waals surface area contributed by atoms with Crippen molar-refractivity contribution in [2.24, 2.45) is 0 Å². The second-order valence-electron chi connectivity index (χ2n) is 2.50. The third-order valence-corrected chi connectivity index (χ3v) is 3.44. The fraction of sp³-hybridized carbons (Fsp3) is 0. The Morgan fingerprint density at radius 3 is 2.25 bits per heavy atom. The van der Waals surface area contributed by atoms with Crippen molar-refractivity contribution in [3.05, 3.63) is 34.5 Å². The van der Waals surface area contributed by atoms with Gasteiger partial charge in [0.2, 0.25) is 0 Å². The van der Waals surface area contributed by atoms with E-state index in [-0.39, 0.29) is 34.5 Å². The molecule has 1 N–H and O–H groups in total. The van der Waals surface area contributed by atoms with E-state index in [0.29, 0.717) is 5.02 Å². The van der Waals surface area contributed by atoms with Gasteiger partial charge in [0.1, 0.15) is 0 Å². The van der Waals surface area contributed by atoms with Crippen LogP contribution >= 0.6 is 11.6 Å². The molecule has 0 radical (unpaired) electrons. The number of hydrogen-bond donors (Lipinski definition) is 1. The van der Waals surface area contributed by atoms with Crippen LogP contribution in [0, 0.1) is 16.5 Å². The van der Waals surface area contributed by atoms with Gasteiger partial charge in [-0.05, 0) is 24.3 Å². The number of benzene rings is 1. The van der Waals surface area contributed by atoms with Gasteiger partial charge >= 0.3 is 34.6 Å². The minimum absolute atomic E-state index is 0. The molecule has 0 fully saturated rings. The molecule has 16 heavy (non-hydrogen) atoms. The number of nitrogens with one attached hydrogen (secondary N) is 1. The van der Waals surface area contributed by atoms with Crippen LogP contribution in [-0.2, 0) is 9.84 Å². The molecule has 1 aromatic rings. The van der Waals surface area contributed by atoms with Crippen molar-refractivity contribution >= 4 is 26.5 Å². The van der Waals surface area contributed by atoms with Crippen molar-refractivity contribution in [1.29, 1.82) is 5.26 Å². The van der Waals surface area contributed by atoms with Gasteiger partial charge in [0.15, 0.2) is 6.07 Å². The zero-order valence-corrected chi connectivity index (χ0v) is 11.8. The van der Waals surface area contributed by atoms with Gasteiger partial charge in [0.25, 0.3) is 9.84 Å². The van der Waals surface area contributed by atoms with Gasteiger partial charge < -0.3 is 5.21 Å². The van der Waals surface area contributed by atoms with Crippen molar-refractivity contribution in [3.8, 4) is 6.07 Å². The molecule has 78 valence electrons. The van der Waals surface area contributed by atoms with Gasteiger partial charge in [-0.1, -0.05) is 11.6 Å². The van der Waals surface area contributed by atoms with Crippen LogP contribution in [0.25, 0.3) is 0 Å². The first-order chi connectivity index (χ1) is 7.02. The van der Waals surface area contributed by atoms with Crippen molar-refractivity contribution in [2.45, 2.75) is 4.90 Å². The SMILES string of the molecule is N#C/C(=[NH+]\[O-])S(=O)(=O)c1ccc(Cl)cc1.[Na+]. The zero-order chi connectivity index (χ0) is 11.5. The monoisotopic (exact) mass is 267 g/mol. The molecular formula is C8H5ClN2NaO3S+. The van der Waals surface area contributed by atoms with E-state index in [0.717, 1.165) is 5.16 Å².